The molecule has 0 saturated heterocycles. The summed E-state index contributed by atoms with van der Waals surface area (Å²) in [5.41, 5.74) is 1.22. The molecule has 1 aromatic carbocycles. The van der Waals surface area contributed by atoms with Gasteiger partial charge in [-0.2, -0.15) is 0 Å². The number of aromatic hydroxyl groups is 1. The predicted molar refractivity (Wildman–Crippen MR) is 58.5 cm³/mol. The molecule has 0 aromatic heterocycles. The van der Waals surface area contributed by atoms with E-state index in [1.807, 2.05) is 0 Å². The van der Waals surface area contributed by atoms with Crippen molar-refractivity contribution in [1.82, 2.24) is 0 Å². The molecular weight excluding hydrogens is 210 g/mol. The molecule has 1 rings (SSSR count). The number of anilines is 1. The number of hydrogen-bond donors (Lipinski definition) is 2. The molecule has 0 unspecified atom stereocenters. The average Bonchev–Trinajstić information content (AvgIpc) is 2.21. The molecule has 0 aliphatic rings. The van der Waals surface area contributed by atoms with E-state index in [2.05, 4.69) is 10.1 Å². The second-order valence-corrected chi connectivity index (χ2v) is 3.36. The molecule has 1 amide bonds. The smallest absolute Gasteiger partial charge is 0.341 e. The minimum absolute atomic E-state index is 0.0779. The summed E-state index contributed by atoms with van der Waals surface area (Å²) in [4.78, 5) is 22.1. The maximum atomic E-state index is 11.3. The van der Waals surface area contributed by atoms with Crippen LogP contribution in [-0.4, -0.2) is 24.1 Å². The van der Waals surface area contributed by atoms with Gasteiger partial charge in [0.25, 0.3) is 0 Å². The lowest BCUT2D eigenvalue weighted by Gasteiger charge is -2.09. The van der Waals surface area contributed by atoms with Crippen LogP contribution in [0.25, 0.3) is 0 Å². The van der Waals surface area contributed by atoms with Gasteiger partial charge in [-0.05, 0) is 18.6 Å². The SMILES string of the molecule is COC(=O)c1cc(C)c(NC(C)=O)cc1O. The molecule has 0 aliphatic heterocycles. The summed E-state index contributed by atoms with van der Waals surface area (Å²) in [6.07, 6.45) is 0. The molecule has 1 aromatic rings. The number of ether oxygens (including phenoxy) is 1. The number of nitrogens with one attached hydrogen (secondary N) is 1. The van der Waals surface area contributed by atoms with Crippen molar-refractivity contribution in [1.29, 1.82) is 0 Å². The second kappa shape index (κ2) is 4.65. The zero-order valence-electron chi connectivity index (χ0n) is 9.33. The van der Waals surface area contributed by atoms with Gasteiger partial charge in [0.2, 0.25) is 5.91 Å². The number of methoxy groups -OCH3 is 1. The largest absolute Gasteiger partial charge is 0.507 e. The molecule has 0 saturated carbocycles. The maximum absolute atomic E-state index is 11.3. The van der Waals surface area contributed by atoms with E-state index in [1.165, 1.54) is 26.2 Å². The van der Waals surface area contributed by atoms with Crippen molar-refractivity contribution in [3.05, 3.63) is 23.3 Å². The summed E-state index contributed by atoms with van der Waals surface area (Å²) in [7, 11) is 1.23. The van der Waals surface area contributed by atoms with E-state index < -0.39 is 5.97 Å². The summed E-state index contributed by atoms with van der Waals surface area (Å²) in [6, 6.07) is 2.79. The van der Waals surface area contributed by atoms with Crippen LogP contribution in [0, 0.1) is 6.92 Å². The van der Waals surface area contributed by atoms with Gasteiger partial charge < -0.3 is 15.2 Å². The Morgan fingerprint density at radius 1 is 1.38 bits per heavy atom. The number of carbonyl (C=O) groups excluding carboxylic acids is 2. The fraction of sp³-hybridized carbons (Fsp3) is 0.273. The van der Waals surface area contributed by atoms with Gasteiger partial charge in [-0.25, -0.2) is 4.79 Å². The predicted octanol–water partition coefficient (Wildman–Crippen LogP) is 1.45. The third-order valence-electron chi connectivity index (χ3n) is 2.06. The van der Waals surface area contributed by atoms with E-state index in [4.69, 9.17) is 0 Å². The minimum Gasteiger partial charge on any atom is -0.507 e. The number of aryl methyl sites for hydroxylation is 1. The van der Waals surface area contributed by atoms with Crippen LogP contribution in [0.2, 0.25) is 0 Å². The van der Waals surface area contributed by atoms with Gasteiger partial charge in [-0.3, -0.25) is 4.79 Å². The number of rotatable bonds is 2. The number of benzene rings is 1. The zero-order valence-corrected chi connectivity index (χ0v) is 9.33. The van der Waals surface area contributed by atoms with Crippen LogP contribution in [-0.2, 0) is 9.53 Å². The summed E-state index contributed by atoms with van der Waals surface area (Å²) < 4.78 is 4.51. The van der Waals surface area contributed by atoms with E-state index >= 15 is 0 Å². The monoisotopic (exact) mass is 223 g/mol. The standard InChI is InChI=1S/C11H13NO4/c1-6-4-8(11(15)16-3)10(14)5-9(6)12-7(2)13/h4-5,14H,1-3H3,(H,12,13). The molecule has 5 heteroatoms. The number of amides is 1. The van der Waals surface area contributed by atoms with Crippen LogP contribution in [0.15, 0.2) is 12.1 Å². The summed E-state index contributed by atoms with van der Waals surface area (Å²) in [6.45, 7) is 3.09. The zero-order chi connectivity index (χ0) is 12.3. The van der Waals surface area contributed by atoms with E-state index in [0.717, 1.165) is 0 Å². The van der Waals surface area contributed by atoms with Crippen molar-refractivity contribution in [3.8, 4) is 5.75 Å². The lowest BCUT2D eigenvalue weighted by molar-refractivity contribution is -0.114. The molecule has 0 aliphatic carbocycles. The highest BCUT2D eigenvalue weighted by atomic mass is 16.5. The quantitative estimate of drug-likeness (QED) is 0.744. The van der Waals surface area contributed by atoms with Crippen molar-refractivity contribution in [2.75, 3.05) is 12.4 Å². The molecule has 0 bridgehead atoms. The first-order valence-electron chi connectivity index (χ1n) is 4.65. The first kappa shape index (κ1) is 12.0. The average molecular weight is 223 g/mol. The fourth-order valence-electron chi connectivity index (χ4n) is 1.29. The van der Waals surface area contributed by atoms with Crippen molar-refractivity contribution < 1.29 is 19.4 Å². The first-order valence-corrected chi connectivity index (χ1v) is 4.65. The van der Waals surface area contributed by atoms with Crippen molar-refractivity contribution in [2.45, 2.75) is 13.8 Å². The maximum Gasteiger partial charge on any atom is 0.341 e. The topological polar surface area (TPSA) is 75.6 Å². The normalized spacial score (nSPS) is 9.69. The Labute approximate surface area is 93.0 Å². The summed E-state index contributed by atoms with van der Waals surface area (Å²) in [5, 5.41) is 12.1. The summed E-state index contributed by atoms with van der Waals surface area (Å²) in [5.74, 6) is -1.08. The van der Waals surface area contributed by atoms with Crippen LogP contribution in [0.5, 0.6) is 5.75 Å². The fourth-order valence-corrected chi connectivity index (χ4v) is 1.29. The Kier molecular flexibility index (Phi) is 3.50. The van der Waals surface area contributed by atoms with Gasteiger partial charge in [0, 0.05) is 18.7 Å². The Morgan fingerprint density at radius 3 is 2.50 bits per heavy atom. The van der Waals surface area contributed by atoms with Crippen molar-refractivity contribution in [3.63, 3.8) is 0 Å². The van der Waals surface area contributed by atoms with E-state index in [1.54, 1.807) is 6.92 Å². The third-order valence-corrected chi connectivity index (χ3v) is 2.06. The van der Waals surface area contributed by atoms with Crippen LogP contribution in [0.3, 0.4) is 0 Å². The van der Waals surface area contributed by atoms with Gasteiger partial charge in [0.15, 0.2) is 0 Å². The third kappa shape index (κ3) is 2.50. The molecule has 5 nitrogen and oxygen atoms in total. The number of carbonyl (C=O) groups is 2. The Morgan fingerprint density at radius 2 is 2.00 bits per heavy atom. The van der Waals surface area contributed by atoms with Crippen LogP contribution >= 0.6 is 0 Å². The van der Waals surface area contributed by atoms with Crippen molar-refractivity contribution in [2.24, 2.45) is 0 Å². The summed E-state index contributed by atoms with van der Waals surface area (Å²) >= 11 is 0. The molecule has 0 fully saturated rings. The van der Waals surface area contributed by atoms with Gasteiger partial charge in [-0.15, -0.1) is 0 Å². The van der Waals surface area contributed by atoms with Gasteiger partial charge in [0.1, 0.15) is 11.3 Å². The Bertz CT molecular complexity index is 440. The van der Waals surface area contributed by atoms with Crippen molar-refractivity contribution >= 4 is 17.6 Å². The number of hydrogen-bond acceptors (Lipinski definition) is 4. The van der Waals surface area contributed by atoms with Gasteiger partial charge in [-0.1, -0.05) is 0 Å². The number of phenols is 1. The first-order chi connectivity index (χ1) is 7.45. The lowest BCUT2D eigenvalue weighted by Crippen LogP contribution is -2.09. The van der Waals surface area contributed by atoms with Crippen LogP contribution < -0.4 is 5.32 Å². The lowest BCUT2D eigenvalue weighted by atomic mass is 10.1. The molecule has 0 heterocycles. The molecule has 0 spiro atoms. The second-order valence-electron chi connectivity index (χ2n) is 3.36. The minimum atomic E-state index is -0.616. The Balaban J connectivity index is 3.16. The number of esters is 1. The van der Waals surface area contributed by atoms with Gasteiger partial charge >= 0.3 is 5.97 Å². The molecule has 0 atom stereocenters. The molecule has 0 radical (unpaired) electrons. The van der Waals surface area contributed by atoms with E-state index in [0.29, 0.717) is 11.3 Å². The molecular formula is C11H13NO4. The molecule has 86 valence electrons. The van der Waals surface area contributed by atoms with E-state index in [9.17, 15) is 14.7 Å². The highest BCUT2D eigenvalue weighted by molar-refractivity contribution is 5.95. The van der Waals surface area contributed by atoms with E-state index in [-0.39, 0.29) is 17.2 Å². The molecule has 16 heavy (non-hydrogen) atoms. The molecule has 2 N–H and O–H groups in total. The van der Waals surface area contributed by atoms with Crippen LogP contribution in [0.1, 0.15) is 22.8 Å². The highest BCUT2D eigenvalue weighted by Gasteiger charge is 2.14. The Hall–Kier alpha value is -2.04. The van der Waals surface area contributed by atoms with Gasteiger partial charge in [0.05, 0.1) is 7.11 Å². The highest BCUT2D eigenvalue weighted by Crippen LogP contribution is 2.26. The van der Waals surface area contributed by atoms with Crippen LogP contribution in [0.4, 0.5) is 5.69 Å². The number of phenolic OH excluding ortho intramolecular Hbond substituents is 1.